The molecule has 0 saturated carbocycles. The van der Waals surface area contributed by atoms with Crippen LogP contribution in [0.15, 0.2) is 18.2 Å². The van der Waals surface area contributed by atoms with Gasteiger partial charge in [-0.3, -0.25) is 14.4 Å². The molecule has 2 aliphatic rings. The first-order valence-corrected chi connectivity index (χ1v) is 9.54. The molecule has 1 aromatic rings. The number of ether oxygens (including phenoxy) is 1. The molecule has 1 saturated heterocycles. The van der Waals surface area contributed by atoms with Crippen molar-refractivity contribution in [2.75, 3.05) is 25.0 Å². The third-order valence-corrected chi connectivity index (χ3v) is 5.27. The zero-order chi connectivity index (χ0) is 19.4. The Hall–Kier alpha value is -2.12. The van der Waals surface area contributed by atoms with Crippen molar-refractivity contribution in [1.82, 2.24) is 4.90 Å². The van der Waals surface area contributed by atoms with Crippen molar-refractivity contribution in [2.24, 2.45) is 5.92 Å². The molecular weight excluding hydrogens is 384 g/mol. The van der Waals surface area contributed by atoms with E-state index in [0.717, 1.165) is 38.9 Å². The van der Waals surface area contributed by atoms with E-state index in [4.69, 9.17) is 9.84 Å². The summed E-state index contributed by atoms with van der Waals surface area (Å²) in [5.41, 5.74) is 1.16. The Morgan fingerprint density at radius 1 is 1.25 bits per heavy atom. The number of Topliss-reactive ketones (excluding diaryl/α,β-unsaturated/α-hetero) is 1. The van der Waals surface area contributed by atoms with Crippen LogP contribution in [0.25, 0.3) is 0 Å². The molecule has 1 amide bonds. The van der Waals surface area contributed by atoms with Crippen LogP contribution in [0.5, 0.6) is 5.75 Å². The van der Waals surface area contributed by atoms with Crippen molar-refractivity contribution in [3.8, 4) is 5.75 Å². The molecule has 0 aliphatic carbocycles. The molecule has 7 nitrogen and oxygen atoms in total. The van der Waals surface area contributed by atoms with Crippen LogP contribution < -0.4 is 10.1 Å². The quantitative estimate of drug-likeness (QED) is 0.530. The molecule has 0 spiro atoms. The van der Waals surface area contributed by atoms with Crippen LogP contribution in [0.4, 0.5) is 5.69 Å². The highest BCUT2D eigenvalue weighted by atomic mass is 35.5. The number of hydrogen-bond donors (Lipinski definition) is 2. The number of likely N-dealkylation sites (tertiary alicyclic amines) is 1. The van der Waals surface area contributed by atoms with Crippen LogP contribution in [0.1, 0.15) is 49.4 Å². The number of unbranched alkanes of at least 4 members (excludes halogenated alkanes) is 1. The minimum atomic E-state index is -0.750. The summed E-state index contributed by atoms with van der Waals surface area (Å²) < 4.78 is 5.53. The second-order valence-electron chi connectivity index (χ2n) is 7.29. The van der Waals surface area contributed by atoms with Gasteiger partial charge in [0.1, 0.15) is 5.75 Å². The zero-order valence-corrected chi connectivity index (χ0v) is 16.8. The number of amides is 1. The smallest absolute Gasteiger partial charge is 0.303 e. The molecule has 3 rings (SSSR count). The van der Waals surface area contributed by atoms with Crippen molar-refractivity contribution >= 4 is 35.8 Å². The molecule has 28 heavy (non-hydrogen) atoms. The molecule has 1 atom stereocenters. The van der Waals surface area contributed by atoms with Gasteiger partial charge in [0, 0.05) is 17.9 Å². The molecule has 1 unspecified atom stereocenters. The highest BCUT2D eigenvalue weighted by Crippen LogP contribution is 2.32. The number of carboxylic acid groups (broad SMARTS) is 1. The Bertz CT molecular complexity index is 731. The molecular formula is C20H27ClN2O5. The first-order valence-electron chi connectivity index (χ1n) is 9.54. The maximum absolute atomic E-state index is 12.8. The lowest BCUT2D eigenvalue weighted by Crippen LogP contribution is -2.37. The van der Waals surface area contributed by atoms with E-state index < -0.39 is 12.1 Å². The van der Waals surface area contributed by atoms with Gasteiger partial charge in [0.25, 0.3) is 5.91 Å². The minimum absolute atomic E-state index is 0. The Kier molecular flexibility index (Phi) is 7.83. The molecule has 1 aromatic carbocycles. The zero-order valence-electron chi connectivity index (χ0n) is 16.0. The van der Waals surface area contributed by atoms with E-state index in [1.54, 1.807) is 25.1 Å². The lowest BCUT2D eigenvalue weighted by molar-refractivity contribution is -0.137. The number of carbonyl (C=O) groups excluding carboxylic acids is 2. The fourth-order valence-electron chi connectivity index (χ4n) is 3.63. The molecule has 0 aromatic heterocycles. The summed E-state index contributed by atoms with van der Waals surface area (Å²) in [5, 5.41) is 11.5. The summed E-state index contributed by atoms with van der Waals surface area (Å²) in [6, 6.07) is 5.22. The fraction of sp³-hybridized carbons (Fsp3) is 0.550. The number of rotatable bonds is 7. The van der Waals surface area contributed by atoms with Gasteiger partial charge >= 0.3 is 5.97 Å². The summed E-state index contributed by atoms with van der Waals surface area (Å²) in [4.78, 5) is 37.4. The van der Waals surface area contributed by atoms with Gasteiger partial charge < -0.3 is 20.1 Å². The minimum Gasteiger partial charge on any atom is -0.481 e. The van der Waals surface area contributed by atoms with E-state index in [2.05, 4.69) is 10.2 Å². The Morgan fingerprint density at radius 2 is 1.96 bits per heavy atom. The van der Waals surface area contributed by atoms with Crippen LogP contribution in [0.2, 0.25) is 0 Å². The average Bonchev–Trinajstić information content (AvgIpc) is 2.65. The van der Waals surface area contributed by atoms with Gasteiger partial charge in [0.2, 0.25) is 0 Å². The maximum Gasteiger partial charge on any atom is 0.303 e. The second kappa shape index (κ2) is 9.89. The van der Waals surface area contributed by atoms with Crippen LogP contribution in [-0.2, 0) is 9.59 Å². The summed E-state index contributed by atoms with van der Waals surface area (Å²) >= 11 is 0. The monoisotopic (exact) mass is 410 g/mol. The Labute approximate surface area is 170 Å². The fourth-order valence-corrected chi connectivity index (χ4v) is 3.63. The number of aliphatic carboxylic acids is 1. The van der Waals surface area contributed by atoms with Gasteiger partial charge in [-0.05, 0) is 70.4 Å². The third-order valence-electron chi connectivity index (χ3n) is 5.27. The van der Waals surface area contributed by atoms with Gasteiger partial charge in [-0.15, -0.1) is 12.4 Å². The van der Waals surface area contributed by atoms with E-state index >= 15 is 0 Å². The second-order valence-corrected chi connectivity index (χ2v) is 7.29. The number of ketones is 1. The van der Waals surface area contributed by atoms with Gasteiger partial charge in [0.15, 0.2) is 11.9 Å². The number of anilines is 1. The predicted molar refractivity (Wildman–Crippen MR) is 107 cm³/mol. The van der Waals surface area contributed by atoms with Crippen LogP contribution in [0.3, 0.4) is 0 Å². The number of piperidine rings is 1. The Balaban J connectivity index is 0.00000280. The van der Waals surface area contributed by atoms with E-state index in [1.807, 2.05) is 0 Å². The molecule has 2 aliphatic heterocycles. The largest absolute Gasteiger partial charge is 0.481 e. The molecule has 2 heterocycles. The van der Waals surface area contributed by atoms with Crippen LogP contribution >= 0.6 is 12.4 Å². The lowest BCUT2D eigenvalue weighted by atomic mass is 9.88. The number of nitrogens with one attached hydrogen (secondary N) is 1. The number of fused-ring (bicyclic) bond motifs is 1. The average molecular weight is 411 g/mol. The van der Waals surface area contributed by atoms with Gasteiger partial charge in [0.05, 0.1) is 5.69 Å². The topological polar surface area (TPSA) is 95.9 Å². The number of carbonyl (C=O) groups is 3. The first kappa shape index (κ1) is 22.2. The standard InChI is InChI=1S/C20H26N2O5.ClH/c1-13-20(26)21-16-12-15(5-6-17(16)27-13)19(25)14-7-10-22(11-8-14)9-3-2-4-18(23)24;/h5-6,12-14H,2-4,7-11H2,1H3,(H,21,26)(H,23,24);1H. The maximum atomic E-state index is 12.8. The van der Waals surface area contributed by atoms with Crippen LogP contribution in [-0.4, -0.2) is 53.4 Å². The highest BCUT2D eigenvalue weighted by molar-refractivity contribution is 6.02. The van der Waals surface area contributed by atoms with Crippen molar-refractivity contribution in [1.29, 1.82) is 0 Å². The number of carboxylic acids is 1. The third kappa shape index (κ3) is 5.45. The predicted octanol–water partition coefficient (Wildman–Crippen LogP) is 2.98. The number of hydrogen-bond acceptors (Lipinski definition) is 5. The molecule has 1 fully saturated rings. The molecule has 0 radical (unpaired) electrons. The van der Waals surface area contributed by atoms with Crippen molar-refractivity contribution < 1.29 is 24.2 Å². The summed E-state index contributed by atoms with van der Waals surface area (Å²) in [5.74, 6) is -0.271. The number of nitrogens with zero attached hydrogens (tertiary/aromatic N) is 1. The summed E-state index contributed by atoms with van der Waals surface area (Å²) in [6.07, 6.45) is 2.85. The van der Waals surface area contributed by atoms with Gasteiger partial charge in [-0.25, -0.2) is 0 Å². The van der Waals surface area contributed by atoms with Gasteiger partial charge in [-0.2, -0.15) is 0 Å². The lowest BCUT2D eigenvalue weighted by Gasteiger charge is -2.31. The summed E-state index contributed by atoms with van der Waals surface area (Å²) in [7, 11) is 0. The highest BCUT2D eigenvalue weighted by Gasteiger charge is 2.28. The van der Waals surface area contributed by atoms with Crippen LogP contribution in [0, 0.1) is 5.92 Å². The number of halogens is 1. The SMILES string of the molecule is CC1Oc2ccc(C(=O)C3CCN(CCCCC(=O)O)CC3)cc2NC1=O.Cl. The molecule has 8 heteroatoms. The van der Waals surface area contributed by atoms with E-state index in [9.17, 15) is 14.4 Å². The molecule has 0 bridgehead atoms. The van der Waals surface area contributed by atoms with Crippen molar-refractivity contribution in [3.63, 3.8) is 0 Å². The van der Waals surface area contributed by atoms with Crippen molar-refractivity contribution in [2.45, 2.75) is 45.1 Å². The summed E-state index contributed by atoms with van der Waals surface area (Å²) in [6.45, 7) is 4.28. The van der Waals surface area contributed by atoms with Gasteiger partial charge in [-0.1, -0.05) is 0 Å². The van der Waals surface area contributed by atoms with E-state index in [1.165, 1.54) is 0 Å². The normalized spacial score (nSPS) is 19.8. The Morgan fingerprint density at radius 3 is 2.64 bits per heavy atom. The number of benzene rings is 1. The first-order chi connectivity index (χ1) is 12.9. The molecule has 2 N–H and O–H groups in total. The molecule has 154 valence electrons. The van der Waals surface area contributed by atoms with Crippen molar-refractivity contribution in [3.05, 3.63) is 23.8 Å². The van der Waals surface area contributed by atoms with E-state index in [0.29, 0.717) is 23.4 Å². The van der Waals surface area contributed by atoms with E-state index in [-0.39, 0.29) is 36.4 Å².